The number of anilines is 2. The number of carbonyl (C=O) groups is 1. The minimum atomic E-state index is -0.824. The van der Waals surface area contributed by atoms with Crippen LogP contribution in [0.4, 0.5) is 20.2 Å². The maximum absolute atomic E-state index is 13.5. The Morgan fingerprint density at radius 1 is 1.23 bits per heavy atom. The topological polar surface area (TPSA) is 54.0 Å². The molecule has 6 heteroatoms. The van der Waals surface area contributed by atoms with Gasteiger partial charge in [-0.25, -0.2) is 8.78 Å². The SMILES string of the molecule is CC(C)CNc1cncc(C(=O)Nc2ccc(F)cc2F)c1. The van der Waals surface area contributed by atoms with Crippen LogP contribution < -0.4 is 10.6 Å². The average Bonchev–Trinajstić information content (AvgIpc) is 2.48. The molecule has 1 aromatic carbocycles. The van der Waals surface area contributed by atoms with Crippen LogP contribution in [0.15, 0.2) is 36.7 Å². The van der Waals surface area contributed by atoms with Crippen LogP contribution in [0.2, 0.25) is 0 Å². The summed E-state index contributed by atoms with van der Waals surface area (Å²) in [5.74, 6) is -1.58. The van der Waals surface area contributed by atoms with Crippen LogP contribution >= 0.6 is 0 Å². The molecule has 0 fully saturated rings. The molecule has 2 rings (SSSR count). The van der Waals surface area contributed by atoms with Crippen LogP contribution in [-0.4, -0.2) is 17.4 Å². The van der Waals surface area contributed by atoms with E-state index < -0.39 is 17.5 Å². The molecule has 2 aromatic rings. The lowest BCUT2D eigenvalue weighted by Gasteiger charge is -2.10. The van der Waals surface area contributed by atoms with Gasteiger partial charge in [0.1, 0.15) is 11.6 Å². The van der Waals surface area contributed by atoms with Crippen molar-refractivity contribution in [3.05, 3.63) is 53.9 Å². The van der Waals surface area contributed by atoms with Crippen LogP contribution in [0.5, 0.6) is 0 Å². The molecule has 116 valence electrons. The molecule has 0 bridgehead atoms. The number of pyridine rings is 1. The molecule has 0 aliphatic heterocycles. The van der Waals surface area contributed by atoms with Crippen molar-refractivity contribution in [2.75, 3.05) is 17.2 Å². The van der Waals surface area contributed by atoms with E-state index in [2.05, 4.69) is 29.5 Å². The predicted octanol–water partition coefficient (Wildman–Crippen LogP) is 3.68. The predicted molar refractivity (Wildman–Crippen MR) is 81.9 cm³/mol. The number of hydrogen-bond acceptors (Lipinski definition) is 3. The highest BCUT2D eigenvalue weighted by Crippen LogP contribution is 2.17. The Bertz CT molecular complexity index is 674. The van der Waals surface area contributed by atoms with Crippen molar-refractivity contribution in [2.24, 2.45) is 5.92 Å². The Labute approximate surface area is 127 Å². The van der Waals surface area contributed by atoms with Crippen molar-refractivity contribution in [3.8, 4) is 0 Å². The van der Waals surface area contributed by atoms with Gasteiger partial charge in [0.05, 0.1) is 16.9 Å². The third-order valence-electron chi connectivity index (χ3n) is 2.89. The second-order valence-corrected chi connectivity index (χ2v) is 5.32. The number of rotatable bonds is 5. The maximum Gasteiger partial charge on any atom is 0.257 e. The quantitative estimate of drug-likeness (QED) is 0.886. The largest absolute Gasteiger partial charge is 0.384 e. The van der Waals surface area contributed by atoms with Gasteiger partial charge < -0.3 is 10.6 Å². The third-order valence-corrected chi connectivity index (χ3v) is 2.89. The van der Waals surface area contributed by atoms with Crippen molar-refractivity contribution >= 4 is 17.3 Å². The van der Waals surface area contributed by atoms with Gasteiger partial charge in [-0.05, 0) is 24.1 Å². The second-order valence-electron chi connectivity index (χ2n) is 5.32. The molecule has 0 aliphatic rings. The van der Waals surface area contributed by atoms with Crippen LogP contribution in [0.25, 0.3) is 0 Å². The summed E-state index contributed by atoms with van der Waals surface area (Å²) in [7, 11) is 0. The van der Waals surface area contributed by atoms with Crippen molar-refractivity contribution in [1.29, 1.82) is 0 Å². The van der Waals surface area contributed by atoms with Gasteiger partial charge in [-0.15, -0.1) is 0 Å². The molecule has 0 unspecified atom stereocenters. The maximum atomic E-state index is 13.5. The van der Waals surface area contributed by atoms with Gasteiger partial charge in [0.2, 0.25) is 0 Å². The summed E-state index contributed by atoms with van der Waals surface area (Å²) >= 11 is 0. The number of benzene rings is 1. The molecule has 0 radical (unpaired) electrons. The number of hydrogen-bond donors (Lipinski definition) is 2. The summed E-state index contributed by atoms with van der Waals surface area (Å²) in [5.41, 5.74) is 0.922. The van der Waals surface area contributed by atoms with E-state index in [-0.39, 0.29) is 11.3 Å². The van der Waals surface area contributed by atoms with Gasteiger partial charge in [0.15, 0.2) is 0 Å². The summed E-state index contributed by atoms with van der Waals surface area (Å²) in [6.07, 6.45) is 2.99. The van der Waals surface area contributed by atoms with E-state index >= 15 is 0 Å². The summed E-state index contributed by atoms with van der Waals surface area (Å²) in [6, 6.07) is 4.61. The van der Waals surface area contributed by atoms with Gasteiger partial charge in [0, 0.05) is 25.0 Å². The van der Waals surface area contributed by atoms with Crippen LogP contribution in [0.3, 0.4) is 0 Å². The Morgan fingerprint density at radius 2 is 2.00 bits per heavy atom. The molecule has 0 spiro atoms. The molecule has 22 heavy (non-hydrogen) atoms. The van der Waals surface area contributed by atoms with Gasteiger partial charge in [-0.2, -0.15) is 0 Å². The zero-order chi connectivity index (χ0) is 16.1. The van der Waals surface area contributed by atoms with Gasteiger partial charge in [-0.1, -0.05) is 13.8 Å². The fourth-order valence-corrected chi connectivity index (χ4v) is 1.77. The average molecular weight is 305 g/mol. The molecular formula is C16H17F2N3O. The number of nitrogens with zero attached hydrogens (tertiary/aromatic N) is 1. The minimum absolute atomic E-state index is 0.0769. The van der Waals surface area contributed by atoms with Crippen molar-refractivity contribution in [3.63, 3.8) is 0 Å². The third kappa shape index (κ3) is 4.25. The molecule has 0 saturated carbocycles. The van der Waals surface area contributed by atoms with E-state index in [0.717, 1.165) is 12.6 Å². The highest BCUT2D eigenvalue weighted by molar-refractivity contribution is 6.04. The second kappa shape index (κ2) is 6.98. The Balaban J connectivity index is 2.10. The first-order valence-electron chi connectivity index (χ1n) is 6.91. The highest BCUT2D eigenvalue weighted by atomic mass is 19.1. The number of halogens is 2. The zero-order valence-electron chi connectivity index (χ0n) is 12.4. The molecule has 0 atom stereocenters. The molecule has 4 nitrogen and oxygen atoms in total. The zero-order valence-corrected chi connectivity index (χ0v) is 12.4. The van der Waals surface area contributed by atoms with Crippen molar-refractivity contribution < 1.29 is 13.6 Å². The van der Waals surface area contributed by atoms with Crippen molar-refractivity contribution in [1.82, 2.24) is 4.98 Å². The van der Waals surface area contributed by atoms with E-state index in [1.165, 1.54) is 12.3 Å². The van der Waals surface area contributed by atoms with Gasteiger partial charge >= 0.3 is 0 Å². The first-order valence-corrected chi connectivity index (χ1v) is 6.91. The Kier molecular flexibility index (Phi) is 5.04. The Morgan fingerprint density at radius 3 is 2.68 bits per heavy atom. The fourth-order valence-electron chi connectivity index (χ4n) is 1.77. The molecule has 2 N–H and O–H groups in total. The van der Waals surface area contributed by atoms with Gasteiger partial charge in [0.25, 0.3) is 5.91 Å². The lowest BCUT2D eigenvalue weighted by Crippen LogP contribution is -2.14. The van der Waals surface area contributed by atoms with Crippen LogP contribution in [-0.2, 0) is 0 Å². The standard InChI is InChI=1S/C16H17F2N3O/c1-10(2)7-20-13-5-11(8-19-9-13)16(22)21-15-4-3-12(17)6-14(15)18/h3-6,8-10,20H,7H2,1-2H3,(H,21,22). The summed E-state index contributed by atoms with van der Waals surface area (Å²) in [6.45, 7) is 4.88. The van der Waals surface area contributed by atoms with E-state index in [1.807, 2.05) is 0 Å². The molecule has 1 amide bonds. The molecule has 0 saturated heterocycles. The van der Waals surface area contributed by atoms with Crippen LogP contribution in [0.1, 0.15) is 24.2 Å². The fraction of sp³-hybridized carbons (Fsp3) is 0.250. The first kappa shape index (κ1) is 15.9. The summed E-state index contributed by atoms with van der Waals surface area (Å²) in [4.78, 5) is 16.1. The minimum Gasteiger partial charge on any atom is -0.384 e. The van der Waals surface area contributed by atoms with E-state index in [0.29, 0.717) is 17.7 Å². The molecular weight excluding hydrogens is 288 g/mol. The van der Waals surface area contributed by atoms with E-state index in [9.17, 15) is 13.6 Å². The smallest absolute Gasteiger partial charge is 0.257 e. The van der Waals surface area contributed by atoms with Crippen LogP contribution in [0, 0.1) is 17.6 Å². The first-order chi connectivity index (χ1) is 10.5. The van der Waals surface area contributed by atoms with Gasteiger partial charge in [-0.3, -0.25) is 9.78 Å². The van der Waals surface area contributed by atoms with Crippen molar-refractivity contribution in [2.45, 2.75) is 13.8 Å². The normalized spacial score (nSPS) is 10.6. The molecule has 1 heterocycles. The summed E-state index contributed by atoms with van der Waals surface area (Å²) < 4.78 is 26.4. The van der Waals surface area contributed by atoms with E-state index in [1.54, 1.807) is 12.3 Å². The number of carbonyl (C=O) groups excluding carboxylic acids is 1. The number of aromatic nitrogens is 1. The number of nitrogens with one attached hydrogen (secondary N) is 2. The number of amides is 1. The Hall–Kier alpha value is -2.50. The molecule has 0 aliphatic carbocycles. The van der Waals surface area contributed by atoms with E-state index in [4.69, 9.17) is 0 Å². The summed E-state index contributed by atoms with van der Waals surface area (Å²) in [5, 5.41) is 5.55. The molecule has 1 aromatic heterocycles. The lowest BCUT2D eigenvalue weighted by atomic mass is 10.2. The highest BCUT2D eigenvalue weighted by Gasteiger charge is 2.11. The lowest BCUT2D eigenvalue weighted by molar-refractivity contribution is 0.102. The monoisotopic (exact) mass is 305 g/mol.